The summed E-state index contributed by atoms with van der Waals surface area (Å²) in [7, 11) is 0. The summed E-state index contributed by atoms with van der Waals surface area (Å²) < 4.78 is 65.2. The average molecular weight is 710 g/mol. The highest BCUT2D eigenvalue weighted by atomic mass is 35.5. The summed E-state index contributed by atoms with van der Waals surface area (Å²) in [6, 6.07) is 7.55. The predicted molar refractivity (Wildman–Crippen MR) is 151 cm³/mol. The van der Waals surface area contributed by atoms with Gasteiger partial charge in [0.15, 0.2) is 5.82 Å². The summed E-state index contributed by atoms with van der Waals surface area (Å²) in [5.74, 6) is -9.19. The molecule has 3 amide bonds. The van der Waals surface area contributed by atoms with Crippen LogP contribution in [0.4, 0.5) is 39.0 Å². The van der Waals surface area contributed by atoms with Gasteiger partial charge in [0, 0.05) is 11.6 Å². The number of nitrogens with one attached hydrogen (secondary N) is 3. The quantitative estimate of drug-likeness (QED) is 0.136. The largest absolute Gasteiger partial charge is 0.471 e. The average Bonchev–Trinajstić information content (AvgIpc) is 3.48. The molecule has 1 unspecified atom stereocenters. The number of halogens is 11. The lowest BCUT2D eigenvalue weighted by Gasteiger charge is -2.14. The number of hydrogen-bond acceptors (Lipinski definition) is 3. The Bertz CT molecular complexity index is 1610. The van der Waals surface area contributed by atoms with E-state index in [1.165, 1.54) is 29.6 Å². The van der Waals surface area contributed by atoms with E-state index < -0.39 is 63.1 Å². The summed E-state index contributed by atoms with van der Waals surface area (Å²) in [6.07, 6.45) is -5.36. The van der Waals surface area contributed by atoms with Crippen molar-refractivity contribution in [2.24, 2.45) is 5.92 Å². The van der Waals surface area contributed by atoms with Gasteiger partial charge in [-0.2, -0.15) is 13.2 Å². The van der Waals surface area contributed by atoms with Crippen molar-refractivity contribution in [1.82, 2.24) is 0 Å². The van der Waals surface area contributed by atoms with Crippen LogP contribution in [0.3, 0.4) is 0 Å². The molecule has 4 rings (SSSR count). The van der Waals surface area contributed by atoms with E-state index in [1.807, 2.05) is 5.32 Å². The van der Waals surface area contributed by atoms with Gasteiger partial charge in [-0.15, -0.1) is 23.2 Å². The van der Waals surface area contributed by atoms with Crippen molar-refractivity contribution < 1.29 is 36.3 Å². The fourth-order valence-corrected chi connectivity index (χ4v) is 5.60. The molecule has 3 aromatic carbocycles. The smallest absolute Gasteiger partial charge is 0.326 e. The Balaban J connectivity index is 1.53. The van der Waals surface area contributed by atoms with Crippen LogP contribution >= 0.6 is 69.6 Å². The standard InChI is InChI=1S/C25H12Cl6F5N3O3/c26-11-2-1-9(37-22(41)17-16(24(17,30)31)8-5-12(27)18(29)13(28)6-8)7-10(11)21(40)39-20-14(32)3-4-15(19(20)33)38-23(42)25(34,35)36/h1-7,16-17H,(H,37,41)(H,38,42)(H,39,40)/t16-,17?/m0/s1. The highest BCUT2D eigenvalue weighted by Gasteiger charge is 2.67. The number of hydrogen-bond donors (Lipinski definition) is 3. The van der Waals surface area contributed by atoms with Crippen LogP contribution in [0.5, 0.6) is 0 Å². The highest BCUT2D eigenvalue weighted by Crippen LogP contribution is 2.65. The van der Waals surface area contributed by atoms with Gasteiger partial charge in [-0.3, -0.25) is 14.4 Å². The van der Waals surface area contributed by atoms with E-state index in [1.54, 1.807) is 0 Å². The third-order valence-corrected chi connectivity index (χ3v) is 8.48. The van der Waals surface area contributed by atoms with Gasteiger partial charge in [-0.05, 0) is 48.0 Å². The molecule has 0 heterocycles. The molecule has 0 bridgehead atoms. The minimum absolute atomic E-state index is 0.00337. The zero-order chi connectivity index (χ0) is 31.3. The molecule has 0 radical (unpaired) electrons. The maximum Gasteiger partial charge on any atom is 0.471 e. The summed E-state index contributed by atoms with van der Waals surface area (Å²) in [6.45, 7) is 0. The van der Waals surface area contributed by atoms with E-state index >= 15 is 0 Å². The summed E-state index contributed by atoms with van der Waals surface area (Å²) in [4.78, 5) is 37.1. The van der Waals surface area contributed by atoms with Crippen molar-refractivity contribution in [2.45, 2.75) is 16.4 Å². The maximum atomic E-state index is 14.8. The van der Waals surface area contributed by atoms with Gasteiger partial charge in [0.05, 0.1) is 37.3 Å². The molecule has 3 aromatic rings. The molecule has 0 aromatic heterocycles. The zero-order valence-corrected chi connectivity index (χ0v) is 24.6. The van der Waals surface area contributed by atoms with Crippen LogP contribution in [-0.2, 0) is 9.59 Å². The first-order valence-corrected chi connectivity index (χ1v) is 13.5. The van der Waals surface area contributed by atoms with Crippen LogP contribution in [0.2, 0.25) is 20.1 Å². The molecule has 0 aliphatic heterocycles. The van der Waals surface area contributed by atoms with Crippen molar-refractivity contribution in [3.63, 3.8) is 0 Å². The second kappa shape index (κ2) is 11.9. The third kappa shape index (κ3) is 6.51. The summed E-state index contributed by atoms with van der Waals surface area (Å²) in [5, 5.41) is 5.74. The molecule has 0 spiro atoms. The van der Waals surface area contributed by atoms with E-state index in [0.29, 0.717) is 17.7 Å². The molecule has 2 atom stereocenters. The Labute approximate surface area is 263 Å². The van der Waals surface area contributed by atoms with Gasteiger partial charge >= 0.3 is 12.1 Å². The topological polar surface area (TPSA) is 87.3 Å². The Hall–Kier alpha value is -2.54. The normalized spacial score (nSPS) is 17.4. The Kier molecular flexibility index (Phi) is 9.14. The number of amides is 3. The maximum absolute atomic E-state index is 14.8. The molecule has 0 saturated heterocycles. The molecule has 6 nitrogen and oxygen atoms in total. The fraction of sp³-hybridized carbons (Fsp3) is 0.160. The van der Waals surface area contributed by atoms with Crippen molar-refractivity contribution in [3.05, 3.63) is 85.3 Å². The van der Waals surface area contributed by atoms with E-state index in [4.69, 9.17) is 69.6 Å². The van der Waals surface area contributed by atoms with Crippen LogP contribution in [0.15, 0.2) is 42.5 Å². The first-order chi connectivity index (χ1) is 19.4. The van der Waals surface area contributed by atoms with Gasteiger partial charge in [-0.1, -0.05) is 46.4 Å². The first kappa shape index (κ1) is 32.4. The van der Waals surface area contributed by atoms with E-state index in [-0.39, 0.29) is 31.3 Å². The number of carbonyl (C=O) groups is 3. The molecule has 222 valence electrons. The Morgan fingerprint density at radius 2 is 1.43 bits per heavy atom. The zero-order valence-electron chi connectivity index (χ0n) is 20.1. The van der Waals surface area contributed by atoms with Crippen molar-refractivity contribution in [1.29, 1.82) is 0 Å². The van der Waals surface area contributed by atoms with Crippen LogP contribution in [0.25, 0.3) is 0 Å². The Morgan fingerprint density at radius 1 is 0.810 bits per heavy atom. The molecule has 1 saturated carbocycles. The van der Waals surface area contributed by atoms with Crippen LogP contribution < -0.4 is 16.0 Å². The summed E-state index contributed by atoms with van der Waals surface area (Å²) >= 11 is 36.9. The summed E-state index contributed by atoms with van der Waals surface area (Å²) in [5.41, 5.74) is -2.16. The van der Waals surface area contributed by atoms with Crippen LogP contribution in [0, 0.1) is 17.6 Å². The lowest BCUT2D eigenvalue weighted by molar-refractivity contribution is -0.167. The van der Waals surface area contributed by atoms with Crippen molar-refractivity contribution in [2.75, 3.05) is 16.0 Å². The minimum Gasteiger partial charge on any atom is -0.326 e. The van der Waals surface area contributed by atoms with Gasteiger partial charge in [0.1, 0.15) is 15.8 Å². The molecule has 1 aliphatic carbocycles. The SMILES string of the molecule is O=C(Nc1c(F)ccc(NC(=O)C(F)(F)F)c1F)c1cc(NC(=O)C2[C@H](c3cc(Cl)c(Cl)c(Cl)c3)C2(Cl)Cl)ccc1Cl. The van der Waals surface area contributed by atoms with Crippen LogP contribution in [-0.4, -0.2) is 28.2 Å². The number of benzene rings is 3. The van der Waals surface area contributed by atoms with E-state index in [9.17, 15) is 36.3 Å². The van der Waals surface area contributed by atoms with Gasteiger partial charge < -0.3 is 16.0 Å². The lowest BCUT2D eigenvalue weighted by Crippen LogP contribution is -2.30. The van der Waals surface area contributed by atoms with Gasteiger partial charge in [0.2, 0.25) is 5.91 Å². The second-order valence-electron chi connectivity index (χ2n) is 8.80. The lowest BCUT2D eigenvalue weighted by atomic mass is 10.1. The predicted octanol–water partition coefficient (Wildman–Crippen LogP) is 8.86. The monoisotopic (exact) mass is 707 g/mol. The second-order valence-corrected chi connectivity index (χ2v) is 11.8. The molecule has 3 N–H and O–H groups in total. The number of alkyl halides is 5. The van der Waals surface area contributed by atoms with Crippen LogP contribution in [0.1, 0.15) is 21.8 Å². The third-order valence-electron chi connectivity index (χ3n) is 6.02. The molecular weight excluding hydrogens is 698 g/mol. The molecule has 1 fully saturated rings. The highest BCUT2D eigenvalue weighted by molar-refractivity contribution is 6.54. The first-order valence-electron chi connectivity index (χ1n) is 11.2. The minimum atomic E-state index is -5.36. The molecular formula is C25H12Cl6F5N3O3. The van der Waals surface area contributed by atoms with E-state index in [0.717, 1.165) is 6.07 Å². The van der Waals surface area contributed by atoms with Crippen molar-refractivity contribution in [3.8, 4) is 0 Å². The molecule has 17 heteroatoms. The molecule has 1 aliphatic rings. The van der Waals surface area contributed by atoms with Gasteiger partial charge in [0.25, 0.3) is 5.91 Å². The number of anilines is 3. The molecule has 42 heavy (non-hydrogen) atoms. The number of rotatable bonds is 6. The number of carbonyl (C=O) groups excluding carboxylic acids is 3. The van der Waals surface area contributed by atoms with Gasteiger partial charge in [-0.25, -0.2) is 8.78 Å². The Morgan fingerprint density at radius 3 is 2.02 bits per heavy atom. The fourth-order valence-electron chi connectivity index (χ4n) is 3.96. The van der Waals surface area contributed by atoms with E-state index in [2.05, 4.69) is 5.32 Å². The van der Waals surface area contributed by atoms with Crippen molar-refractivity contribution >= 4 is 104 Å².